The highest BCUT2D eigenvalue weighted by Crippen LogP contribution is 2.41. The maximum Gasteiger partial charge on any atom is 0.322 e. The van der Waals surface area contributed by atoms with Gasteiger partial charge in [-0.3, -0.25) is 10.1 Å². The van der Waals surface area contributed by atoms with Crippen LogP contribution in [-0.2, 0) is 4.79 Å². The summed E-state index contributed by atoms with van der Waals surface area (Å²) in [5.74, 6) is 0.759. The van der Waals surface area contributed by atoms with Crippen molar-refractivity contribution in [3.8, 4) is 0 Å². The molecule has 1 aliphatic carbocycles. The fraction of sp³-hybridized carbons (Fsp3) is 0.818. The highest BCUT2D eigenvalue weighted by molar-refractivity contribution is 6.07. The molecular formula is C11H18N2O2. The fourth-order valence-electron chi connectivity index (χ4n) is 2.93. The quantitative estimate of drug-likeness (QED) is 0.677. The van der Waals surface area contributed by atoms with E-state index in [2.05, 4.69) is 24.5 Å². The summed E-state index contributed by atoms with van der Waals surface area (Å²) in [6, 6.07) is -0.323. The summed E-state index contributed by atoms with van der Waals surface area (Å²) in [7, 11) is 0. The molecule has 0 bridgehead atoms. The summed E-state index contributed by atoms with van der Waals surface area (Å²) in [5.41, 5.74) is -0.582. The summed E-state index contributed by atoms with van der Waals surface area (Å²) in [6.07, 6.45) is 3.88. The van der Waals surface area contributed by atoms with Gasteiger partial charge in [0.1, 0.15) is 5.54 Å². The Morgan fingerprint density at radius 3 is 2.73 bits per heavy atom. The van der Waals surface area contributed by atoms with E-state index >= 15 is 0 Å². The molecule has 2 fully saturated rings. The van der Waals surface area contributed by atoms with Crippen molar-refractivity contribution in [1.82, 2.24) is 10.6 Å². The minimum absolute atomic E-state index is 0.115. The van der Waals surface area contributed by atoms with Crippen LogP contribution in [0.25, 0.3) is 0 Å². The first-order valence-corrected chi connectivity index (χ1v) is 5.68. The number of carbonyl (C=O) groups excluding carboxylic acids is 2. The van der Waals surface area contributed by atoms with Crippen molar-refractivity contribution < 1.29 is 9.59 Å². The van der Waals surface area contributed by atoms with Crippen LogP contribution in [0, 0.1) is 11.8 Å². The van der Waals surface area contributed by atoms with Gasteiger partial charge in [-0.15, -0.1) is 0 Å². The van der Waals surface area contributed by atoms with Gasteiger partial charge in [0.05, 0.1) is 0 Å². The molecule has 4 heteroatoms. The zero-order valence-corrected chi connectivity index (χ0v) is 9.30. The summed E-state index contributed by atoms with van der Waals surface area (Å²) < 4.78 is 0. The number of nitrogens with one attached hydrogen (secondary N) is 2. The van der Waals surface area contributed by atoms with Crippen LogP contribution < -0.4 is 10.6 Å². The largest absolute Gasteiger partial charge is 0.323 e. The van der Waals surface area contributed by atoms with Gasteiger partial charge in [-0.05, 0) is 31.1 Å². The Balaban J connectivity index is 2.18. The van der Waals surface area contributed by atoms with Gasteiger partial charge in [-0.25, -0.2) is 4.79 Å². The minimum atomic E-state index is -0.582. The van der Waals surface area contributed by atoms with Crippen LogP contribution >= 0.6 is 0 Å². The second-order valence-corrected chi connectivity index (χ2v) is 5.10. The van der Waals surface area contributed by atoms with Crippen molar-refractivity contribution in [3.05, 3.63) is 0 Å². The first-order chi connectivity index (χ1) is 7.04. The van der Waals surface area contributed by atoms with Crippen molar-refractivity contribution in [3.63, 3.8) is 0 Å². The average Bonchev–Trinajstić information content (AvgIpc) is 2.60. The van der Waals surface area contributed by atoms with Gasteiger partial charge < -0.3 is 5.32 Å². The van der Waals surface area contributed by atoms with E-state index in [0.29, 0.717) is 11.8 Å². The zero-order valence-electron chi connectivity index (χ0n) is 9.30. The lowest BCUT2D eigenvalue weighted by atomic mass is 9.81. The minimum Gasteiger partial charge on any atom is -0.323 e. The van der Waals surface area contributed by atoms with Crippen LogP contribution in [0.2, 0.25) is 0 Å². The van der Waals surface area contributed by atoms with E-state index in [0.717, 1.165) is 25.7 Å². The van der Waals surface area contributed by atoms with Crippen LogP contribution in [-0.4, -0.2) is 17.5 Å². The Morgan fingerprint density at radius 2 is 2.20 bits per heavy atom. The van der Waals surface area contributed by atoms with Crippen LogP contribution in [0.1, 0.15) is 39.5 Å². The lowest BCUT2D eigenvalue weighted by Gasteiger charge is -2.29. The van der Waals surface area contributed by atoms with Gasteiger partial charge in [0.2, 0.25) is 0 Å². The van der Waals surface area contributed by atoms with E-state index < -0.39 is 5.54 Å². The number of hydrogen-bond donors (Lipinski definition) is 2. The molecule has 3 amide bonds. The predicted molar refractivity (Wildman–Crippen MR) is 56.2 cm³/mol. The molecule has 1 heterocycles. The van der Waals surface area contributed by atoms with Crippen molar-refractivity contribution in [2.75, 3.05) is 0 Å². The fourth-order valence-corrected chi connectivity index (χ4v) is 2.93. The van der Waals surface area contributed by atoms with Crippen LogP contribution in [0.4, 0.5) is 4.79 Å². The number of hydrogen-bond acceptors (Lipinski definition) is 2. The smallest absolute Gasteiger partial charge is 0.322 e. The third kappa shape index (κ3) is 1.62. The Labute approximate surface area is 89.8 Å². The first-order valence-electron chi connectivity index (χ1n) is 5.68. The van der Waals surface area contributed by atoms with Crippen molar-refractivity contribution in [2.45, 2.75) is 45.1 Å². The van der Waals surface area contributed by atoms with Crippen LogP contribution in [0.5, 0.6) is 0 Å². The number of imide groups is 1. The molecule has 0 radical (unpaired) electrons. The molecule has 4 nitrogen and oxygen atoms in total. The SMILES string of the molecule is CC(C)C[C@H]1CCC[C@]12NC(=O)NC2=O. The molecular weight excluding hydrogens is 192 g/mol. The van der Waals surface area contributed by atoms with E-state index in [-0.39, 0.29) is 11.9 Å². The Kier molecular flexibility index (Phi) is 2.44. The predicted octanol–water partition coefficient (Wildman–Crippen LogP) is 1.41. The number of amides is 3. The molecule has 2 N–H and O–H groups in total. The Bertz CT molecular complexity index is 301. The van der Waals surface area contributed by atoms with Crippen LogP contribution in [0.3, 0.4) is 0 Å². The van der Waals surface area contributed by atoms with E-state index in [1.54, 1.807) is 0 Å². The lowest BCUT2D eigenvalue weighted by Crippen LogP contribution is -2.50. The normalized spacial score (nSPS) is 35.0. The molecule has 1 saturated carbocycles. The first kappa shape index (κ1) is 10.5. The van der Waals surface area contributed by atoms with Gasteiger partial charge in [0.25, 0.3) is 5.91 Å². The third-order valence-electron chi connectivity index (χ3n) is 3.55. The van der Waals surface area contributed by atoms with Gasteiger partial charge >= 0.3 is 6.03 Å². The number of urea groups is 1. The average molecular weight is 210 g/mol. The zero-order chi connectivity index (χ0) is 11.1. The molecule has 2 aliphatic rings. The molecule has 1 saturated heterocycles. The van der Waals surface area contributed by atoms with Gasteiger partial charge in [0, 0.05) is 0 Å². The highest BCUT2D eigenvalue weighted by Gasteiger charge is 2.53. The van der Waals surface area contributed by atoms with E-state index in [1.807, 2.05) is 0 Å². The molecule has 0 aromatic carbocycles. The molecule has 15 heavy (non-hydrogen) atoms. The molecule has 0 aromatic rings. The second-order valence-electron chi connectivity index (χ2n) is 5.10. The maximum atomic E-state index is 11.8. The van der Waals surface area contributed by atoms with E-state index in [9.17, 15) is 9.59 Å². The Hall–Kier alpha value is -1.06. The molecule has 1 spiro atoms. The summed E-state index contributed by atoms with van der Waals surface area (Å²) >= 11 is 0. The topological polar surface area (TPSA) is 58.2 Å². The van der Waals surface area contributed by atoms with Gasteiger partial charge in [-0.2, -0.15) is 0 Å². The molecule has 2 rings (SSSR count). The highest BCUT2D eigenvalue weighted by atomic mass is 16.2. The molecule has 0 aromatic heterocycles. The van der Waals surface area contributed by atoms with Crippen molar-refractivity contribution >= 4 is 11.9 Å². The van der Waals surface area contributed by atoms with E-state index in [1.165, 1.54) is 0 Å². The summed E-state index contributed by atoms with van der Waals surface area (Å²) in [6.45, 7) is 4.31. The van der Waals surface area contributed by atoms with Crippen LogP contribution in [0.15, 0.2) is 0 Å². The van der Waals surface area contributed by atoms with Crippen molar-refractivity contribution in [1.29, 1.82) is 0 Å². The number of carbonyl (C=O) groups is 2. The lowest BCUT2D eigenvalue weighted by molar-refractivity contribution is -0.125. The molecule has 1 aliphatic heterocycles. The maximum absolute atomic E-state index is 11.8. The third-order valence-corrected chi connectivity index (χ3v) is 3.55. The second kappa shape index (κ2) is 3.51. The summed E-state index contributed by atoms with van der Waals surface area (Å²) in [5, 5.41) is 5.20. The molecule has 84 valence electrons. The molecule has 2 atom stereocenters. The monoisotopic (exact) mass is 210 g/mol. The Morgan fingerprint density at radius 1 is 1.47 bits per heavy atom. The number of rotatable bonds is 2. The van der Waals surface area contributed by atoms with E-state index in [4.69, 9.17) is 0 Å². The standard InChI is InChI=1S/C11H18N2O2/c1-7(2)6-8-4-3-5-11(8)9(14)12-10(15)13-11/h7-8H,3-6H2,1-2H3,(H2,12,13,14,15)/t8-,11+/m1/s1. The van der Waals surface area contributed by atoms with Gasteiger partial charge in [0.15, 0.2) is 0 Å². The summed E-state index contributed by atoms with van der Waals surface area (Å²) in [4.78, 5) is 23.0. The van der Waals surface area contributed by atoms with Gasteiger partial charge in [-0.1, -0.05) is 20.3 Å². The molecule has 0 unspecified atom stereocenters. The van der Waals surface area contributed by atoms with Crippen molar-refractivity contribution in [2.24, 2.45) is 11.8 Å².